The highest BCUT2D eigenvalue weighted by molar-refractivity contribution is 5.79. The molecule has 0 spiro atoms. The molecule has 0 bridgehead atoms. The Morgan fingerprint density at radius 1 is 1.42 bits per heavy atom. The van der Waals surface area contributed by atoms with E-state index in [0.717, 1.165) is 49.2 Å². The molecule has 0 amide bonds. The zero-order valence-corrected chi connectivity index (χ0v) is 14.3. The second-order valence-electron chi connectivity index (χ2n) is 6.12. The average molecular weight is 327 g/mol. The topological polar surface area (TPSA) is 65.5 Å². The Bertz CT molecular complexity index is 661. The highest BCUT2D eigenvalue weighted by atomic mass is 16.5. The van der Waals surface area contributed by atoms with E-state index in [4.69, 9.17) is 4.74 Å². The van der Waals surface area contributed by atoms with Gasteiger partial charge in [-0.3, -0.25) is 4.99 Å². The molecular formula is C18H25N5O. The molecule has 2 N–H and O–H groups in total. The van der Waals surface area contributed by atoms with Crippen molar-refractivity contribution in [3.05, 3.63) is 42.4 Å². The van der Waals surface area contributed by atoms with Gasteiger partial charge in [0.25, 0.3) is 0 Å². The summed E-state index contributed by atoms with van der Waals surface area (Å²) in [7, 11) is 3.87. The maximum absolute atomic E-state index is 5.44. The van der Waals surface area contributed by atoms with Crippen LogP contribution >= 0.6 is 0 Å². The fourth-order valence-electron chi connectivity index (χ4n) is 2.97. The minimum atomic E-state index is 0.585. The average Bonchev–Trinajstić information content (AvgIpc) is 3.28. The van der Waals surface area contributed by atoms with Crippen molar-refractivity contribution in [1.82, 2.24) is 20.2 Å². The first-order valence-corrected chi connectivity index (χ1v) is 8.35. The standard InChI is InChI=1S/C18H25N5O/c1-19-18(23(2)12-14-8-9-24-13-14)21-11-17-20-10-16(22-17)15-6-4-3-5-7-15/h3-7,10,14H,8-9,11-13H2,1-2H3,(H,19,21)(H,20,22). The van der Waals surface area contributed by atoms with Crippen LogP contribution in [0.5, 0.6) is 0 Å². The number of aromatic nitrogens is 2. The largest absolute Gasteiger partial charge is 0.381 e. The van der Waals surface area contributed by atoms with Crippen molar-refractivity contribution in [2.75, 3.05) is 33.9 Å². The second kappa shape index (κ2) is 7.97. The summed E-state index contributed by atoms with van der Waals surface area (Å²) in [4.78, 5) is 14.3. The Morgan fingerprint density at radius 2 is 2.25 bits per heavy atom. The first-order chi connectivity index (χ1) is 11.8. The van der Waals surface area contributed by atoms with Crippen molar-refractivity contribution >= 4 is 5.96 Å². The van der Waals surface area contributed by atoms with Gasteiger partial charge in [-0.25, -0.2) is 4.98 Å². The van der Waals surface area contributed by atoms with Crippen molar-refractivity contribution < 1.29 is 4.74 Å². The third-order valence-corrected chi connectivity index (χ3v) is 4.26. The molecule has 1 fully saturated rings. The number of benzene rings is 1. The zero-order chi connectivity index (χ0) is 16.8. The molecule has 1 aliphatic rings. The first kappa shape index (κ1) is 16.5. The number of aromatic amines is 1. The fraction of sp³-hybridized carbons (Fsp3) is 0.444. The number of nitrogens with zero attached hydrogens (tertiary/aromatic N) is 3. The van der Waals surface area contributed by atoms with E-state index >= 15 is 0 Å². The molecule has 1 unspecified atom stereocenters. The van der Waals surface area contributed by atoms with Crippen LogP contribution in [0.4, 0.5) is 0 Å². The molecule has 0 radical (unpaired) electrons. The second-order valence-corrected chi connectivity index (χ2v) is 6.12. The molecule has 2 aromatic rings. The Kier molecular flexibility index (Phi) is 5.48. The Morgan fingerprint density at radius 3 is 2.96 bits per heavy atom. The van der Waals surface area contributed by atoms with Crippen molar-refractivity contribution in [2.24, 2.45) is 10.9 Å². The maximum Gasteiger partial charge on any atom is 0.193 e. The van der Waals surface area contributed by atoms with Crippen LogP contribution in [0, 0.1) is 5.92 Å². The van der Waals surface area contributed by atoms with Gasteiger partial charge in [-0.05, 0) is 12.0 Å². The molecule has 0 aliphatic carbocycles. The minimum absolute atomic E-state index is 0.585. The van der Waals surface area contributed by atoms with Crippen LogP contribution in [0.1, 0.15) is 12.2 Å². The molecular weight excluding hydrogens is 302 g/mol. The molecule has 1 saturated heterocycles. The summed E-state index contributed by atoms with van der Waals surface area (Å²) in [5.74, 6) is 2.36. The smallest absolute Gasteiger partial charge is 0.193 e. The SMILES string of the molecule is CN=C(NCc1ncc(-c2ccccc2)[nH]1)N(C)CC1CCOC1. The third-order valence-electron chi connectivity index (χ3n) is 4.26. The predicted molar refractivity (Wildman–Crippen MR) is 95.8 cm³/mol. The lowest BCUT2D eigenvalue weighted by atomic mass is 10.1. The molecule has 1 aromatic carbocycles. The molecule has 6 nitrogen and oxygen atoms in total. The van der Waals surface area contributed by atoms with Crippen LogP contribution in [0.3, 0.4) is 0 Å². The third kappa shape index (κ3) is 4.14. The normalized spacial score (nSPS) is 17.9. The summed E-state index contributed by atoms with van der Waals surface area (Å²) in [5, 5.41) is 3.37. The van der Waals surface area contributed by atoms with Crippen LogP contribution in [-0.4, -0.2) is 54.7 Å². The molecule has 1 aromatic heterocycles. The summed E-state index contributed by atoms with van der Waals surface area (Å²) < 4.78 is 5.44. The molecule has 0 saturated carbocycles. The number of hydrogen-bond acceptors (Lipinski definition) is 3. The van der Waals surface area contributed by atoms with E-state index in [1.54, 1.807) is 0 Å². The van der Waals surface area contributed by atoms with Gasteiger partial charge in [0.15, 0.2) is 5.96 Å². The number of rotatable bonds is 5. The lowest BCUT2D eigenvalue weighted by Gasteiger charge is -2.24. The van der Waals surface area contributed by atoms with Crippen molar-refractivity contribution in [3.8, 4) is 11.3 Å². The Labute approximate surface area is 143 Å². The van der Waals surface area contributed by atoms with Gasteiger partial charge in [-0.15, -0.1) is 0 Å². The number of hydrogen-bond donors (Lipinski definition) is 2. The number of nitrogens with one attached hydrogen (secondary N) is 2. The summed E-state index contributed by atoms with van der Waals surface area (Å²) in [6.45, 7) is 3.29. The van der Waals surface area contributed by atoms with Gasteiger partial charge in [0.05, 0.1) is 25.0 Å². The summed E-state index contributed by atoms with van der Waals surface area (Å²) >= 11 is 0. The highest BCUT2D eigenvalue weighted by Gasteiger charge is 2.19. The lowest BCUT2D eigenvalue weighted by molar-refractivity contribution is 0.181. The molecule has 1 aliphatic heterocycles. The van der Waals surface area contributed by atoms with Crippen LogP contribution in [0.25, 0.3) is 11.3 Å². The molecule has 128 valence electrons. The number of H-pyrrole nitrogens is 1. The molecule has 3 rings (SSSR count). The van der Waals surface area contributed by atoms with E-state index in [9.17, 15) is 0 Å². The van der Waals surface area contributed by atoms with Gasteiger partial charge >= 0.3 is 0 Å². The van der Waals surface area contributed by atoms with E-state index in [1.165, 1.54) is 0 Å². The molecule has 24 heavy (non-hydrogen) atoms. The van der Waals surface area contributed by atoms with E-state index in [0.29, 0.717) is 12.5 Å². The predicted octanol–water partition coefficient (Wildman–Crippen LogP) is 2.12. The Balaban J connectivity index is 1.55. The van der Waals surface area contributed by atoms with Crippen molar-refractivity contribution in [1.29, 1.82) is 0 Å². The van der Waals surface area contributed by atoms with Crippen LogP contribution in [0.2, 0.25) is 0 Å². The van der Waals surface area contributed by atoms with E-state index in [1.807, 2.05) is 31.4 Å². The van der Waals surface area contributed by atoms with Crippen LogP contribution < -0.4 is 5.32 Å². The zero-order valence-electron chi connectivity index (χ0n) is 14.3. The maximum atomic E-state index is 5.44. The number of imidazole rings is 1. The fourth-order valence-corrected chi connectivity index (χ4v) is 2.97. The molecule has 1 atom stereocenters. The Hall–Kier alpha value is -2.34. The first-order valence-electron chi connectivity index (χ1n) is 8.35. The summed E-state index contributed by atoms with van der Waals surface area (Å²) in [6.07, 6.45) is 2.99. The minimum Gasteiger partial charge on any atom is -0.381 e. The van der Waals surface area contributed by atoms with E-state index in [2.05, 4.69) is 44.4 Å². The van der Waals surface area contributed by atoms with Gasteiger partial charge in [0.2, 0.25) is 0 Å². The number of ether oxygens (including phenoxy) is 1. The monoisotopic (exact) mass is 327 g/mol. The van der Waals surface area contributed by atoms with E-state index in [-0.39, 0.29) is 0 Å². The van der Waals surface area contributed by atoms with Gasteiger partial charge in [0, 0.05) is 33.2 Å². The quantitative estimate of drug-likeness (QED) is 0.652. The van der Waals surface area contributed by atoms with Crippen molar-refractivity contribution in [3.63, 3.8) is 0 Å². The van der Waals surface area contributed by atoms with Gasteiger partial charge < -0.3 is 19.9 Å². The summed E-state index contributed by atoms with van der Waals surface area (Å²) in [6, 6.07) is 10.2. The lowest BCUT2D eigenvalue weighted by Crippen LogP contribution is -2.41. The van der Waals surface area contributed by atoms with Gasteiger partial charge in [-0.1, -0.05) is 30.3 Å². The summed E-state index contributed by atoms with van der Waals surface area (Å²) in [5.41, 5.74) is 2.16. The highest BCUT2D eigenvalue weighted by Crippen LogP contribution is 2.16. The number of guanidine groups is 1. The molecule has 2 heterocycles. The van der Waals surface area contributed by atoms with Gasteiger partial charge in [-0.2, -0.15) is 0 Å². The van der Waals surface area contributed by atoms with Gasteiger partial charge in [0.1, 0.15) is 5.82 Å². The number of aliphatic imine (C=N–C) groups is 1. The van der Waals surface area contributed by atoms with Crippen LogP contribution in [0.15, 0.2) is 41.5 Å². The van der Waals surface area contributed by atoms with Crippen molar-refractivity contribution in [2.45, 2.75) is 13.0 Å². The van der Waals surface area contributed by atoms with Crippen LogP contribution in [-0.2, 0) is 11.3 Å². The van der Waals surface area contributed by atoms with E-state index < -0.39 is 0 Å². The molecule has 6 heteroatoms.